The van der Waals surface area contributed by atoms with Crippen molar-refractivity contribution in [2.45, 2.75) is 32.5 Å². The highest BCUT2D eigenvalue weighted by atomic mass is 35.5. The molecule has 0 saturated heterocycles. The topological polar surface area (TPSA) is 90.5 Å². The van der Waals surface area contributed by atoms with Crippen molar-refractivity contribution in [3.05, 3.63) is 69.7 Å². The zero-order valence-electron chi connectivity index (χ0n) is 15.2. The monoisotopic (exact) mass is 402 g/mol. The quantitative estimate of drug-likeness (QED) is 0.613. The van der Waals surface area contributed by atoms with Gasteiger partial charge in [0.1, 0.15) is 0 Å². The average Bonchev–Trinajstić information content (AvgIpc) is 3.00. The summed E-state index contributed by atoms with van der Waals surface area (Å²) in [6.45, 7) is 1.82. The predicted molar refractivity (Wildman–Crippen MR) is 104 cm³/mol. The number of fused-ring (bicyclic) bond motifs is 1. The fourth-order valence-corrected chi connectivity index (χ4v) is 2.91. The van der Waals surface area contributed by atoms with Crippen molar-refractivity contribution in [1.29, 1.82) is 0 Å². The first kappa shape index (κ1) is 19.7. The van der Waals surface area contributed by atoms with Crippen LogP contribution in [-0.2, 0) is 27.4 Å². The summed E-state index contributed by atoms with van der Waals surface area (Å²) in [7, 11) is 0. The van der Waals surface area contributed by atoms with E-state index < -0.39 is 23.7 Å². The van der Waals surface area contributed by atoms with E-state index in [0.717, 1.165) is 5.56 Å². The van der Waals surface area contributed by atoms with Crippen LogP contribution in [0.5, 0.6) is 0 Å². The number of esters is 1. The van der Waals surface area contributed by atoms with E-state index in [2.05, 4.69) is 5.32 Å². The number of carbonyl (C=O) groups is 2. The summed E-state index contributed by atoms with van der Waals surface area (Å²) in [5.41, 5.74) is 1.82. The highest BCUT2D eigenvalue weighted by Crippen LogP contribution is 2.15. The van der Waals surface area contributed by atoms with Gasteiger partial charge in [-0.05, 0) is 30.7 Å². The van der Waals surface area contributed by atoms with Gasteiger partial charge in [-0.15, -0.1) is 0 Å². The Kier molecular flexibility index (Phi) is 6.16. The second kappa shape index (κ2) is 8.75. The van der Waals surface area contributed by atoms with Gasteiger partial charge in [0.05, 0.1) is 11.9 Å². The van der Waals surface area contributed by atoms with E-state index >= 15 is 0 Å². The molecule has 0 saturated carbocycles. The molecule has 1 amide bonds. The molecule has 0 fully saturated rings. The highest BCUT2D eigenvalue weighted by molar-refractivity contribution is 6.31. The number of halogens is 1. The lowest BCUT2D eigenvalue weighted by Gasteiger charge is -2.14. The summed E-state index contributed by atoms with van der Waals surface area (Å²) < 4.78 is 11.6. The second-order valence-corrected chi connectivity index (χ2v) is 6.59. The molecule has 3 aromatic rings. The van der Waals surface area contributed by atoms with Crippen molar-refractivity contribution < 1.29 is 18.7 Å². The SMILES string of the molecule is CC(OC(=O)CCn1c(=O)oc2ccccc21)C(=O)NCc1ccccc1Cl. The maximum absolute atomic E-state index is 12.1. The van der Waals surface area contributed by atoms with Gasteiger partial charge in [-0.25, -0.2) is 4.79 Å². The lowest BCUT2D eigenvalue weighted by atomic mass is 10.2. The number of carbonyl (C=O) groups excluding carboxylic acids is 2. The molecule has 8 heteroatoms. The fraction of sp³-hybridized carbons (Fsp3) is 0.250. The number of amides is 1. The molecule has 1 heterocycles. The summed E-state index contributed by atoms with van der Waals surface area (Å²) in [6.07, 6.45) is -1.03. The number of rotatable bonds is 7. The van der Waals surface area contributed by atoms with Crippen molar-refractivity contribution in [2.24, 2.45) is 0 Å². The van der Waals surface area contributed by atoms with Gasteiger partial charge in [0.25, 0.3) is 5.91 Å². The smallest absolute Gasteiger partial charge is 0.419 e. The molecule has 0 radical (unpaired) electrons. The predicted octanol–water partition coefficient (Wildman–Crippen LogP) is 2.89. The molecule has 1 N–H and O–H groups in total. The Hall–Kier alpha value is -3.06. The Labute approximate surface area is 165 Å². The standard InChI is InChI=1S/C20H19ClN2O5/c1-13(19(25)22-12-14-6-2-3-7-15(14)21)27-18(24)10-11-23-16-8-4-5-9-17(16)28-20(23)26/h2-9,13H,10-12H2,1H3,(H,22,25). The minimum Gasteiger partial charge on any atom is -0.452 e. The van der Waals surface area contributed by atoms with E-state index in [9.17, 15) is 14.4 Å². The van der Waals surface area contributed by atoms with Crippen LogP contribution in [0.1, 0.15) is 18.9 Å². The molecule has 146 valence electrons. The van der Waals surface area contributed by atoms with Gasteiger partial charge >= 0.3 is 11.7 Å². The number of benzene rings is 2. The fourth-order valence-electron chi connectivity index (χ4n) is 2.71. The third kappa shape index (κ3) is 4.61. The lowest BCUT2D eigenvalue weighted by Crippen LogP contribution is -2.35. The number of nitrogens with one attached hydrogen (secondary N) is 1. The highest BCUT2D eigenvalue weighted by Gasteiger charge is 2.18. The van der Waals surface area contributed by atoms with E-state index in [4.69, 9.17) is 20.8 Å². The van der Waals surface area contributed by atoms with Gasteiger partial charge in [0.15, 0.2) is 11.7 Å². The van der Waals surface area contributed by atoms with Crippen molar-refractivity contribution in [3.63, 3.8) is 0 Å². The summed E-state index contributed by atoms with van der Waals surface area (Å²) in [5, 5.41) is 3.22. The number of aromatic nitrogens is 1. The molecule has 7 nitrogen and oxygen atoms in total. The summed E-state index contributed by atoms with van der Waals surface area (Å²) >= 11 is 6.04. The Morgan fingerprint density at radius 3 is 2.68 bits per heavy atom. The molecule has 2 aromatic carbocycles. The molecule has 0 spiro atoms. The number of hydrogen-bond donors (Lipinski definition) is 1. The first-order valence-corrected chi connectivity index (χ1v) is 9.12. The molecule has 3 rings (SSSR count). The number of oxazole rings is 1. The van der Waals surface area contributed by atoms with Crippen LogP contribution in [0.15, 0.2) is 57.7 Å². The molecule has 0 aliphatic heterocycles. The molecule has 1 atom stereocenters. The van der Waals surface area contributed by atoms with Gasteiger partial charge in [-0.1, -0.05) is 41.9 Å². The summed E-state index contributed by atoms with van der Waals surface area (Å²) in [6, 6.07) is 14.1. The van der Waals surface area contributed by atoms with Crippen LogP contribution in [0, 0.1) is 0 Å². The van der Waals surface area contributed by atoms with Gasteiger partial charge in [-0.3, -0.25) is 14.2 Å². The Morgan fingerprint density at radius 2 is 1.89 bits per heavy atom. The van der Waals surface area contributed by atoms with E-state index in [1.165, 1.54) is 11.5 Å². The number of ether oxygens (including phenoxy) is 1. The zero-order valence-corrected chi connectivity index (χ0v) is 15.9. The first-order valence-electron chi connectivity index (χ1n) is 8.74. The van der Waals surface area contributed by atoms with Crippen molar-refractivity contribution in [3.8, 4) is 0 Å². The maximum Gasteiger partial charge on any atom is 0.419 e. The molecule has 0 bridgehead atoms. The first-order chi connectivity index (χ1) is 13.5. The Bertz CT molecular complexity index is 1060. The molecule has 0 aliphatic rings. The molecule has 28 heavy (non-hydrogen) atoms. The van der Waals surface area contributed by atoms with Gasteiger partial charge in [-0.2, -0.15) is 0 Å². The molecule has 1 unspecified atom stereocenters. The molecule has 0 aliphatic carbocycles. The average molecular weight is 403 g/mol. The number of hydrogen-bond acceptors (Lipinski definition) is 5. The Balaban J connectivity index is 1.51. The van der Waals surface area contributed by atoms with Crippen LogP contribution in [0.4, 0.5) is 0 Å². The third-order valence-electron chi connectivity index (χ3n) is 4.20. The van der Waals surface area contributed by atoms with Gasteiger partial charge in [0.2, 0.25) is 0 Å². The summed E-state index contributed by atoms with van der Waals surface area (Å²) in [4.78, 5) is 36.1. The van der Waals surface area contributed by atoms with Crippen LogP contribution in [-0.4, -0.2) is 22.5 Å². The van der Waals surface area contributed by atoms with E-state index in [1.54, 1.807) is 42.5 Å². The largest absolute Gasteiger partial charge is 0.452 e. The summed E-state index contributed by atoms with van der Waals surface area (Å²) in [5.74, 6) is -1.56. The van der Waals surface area contributed by atoms with Gasteiger partial charge < -0.3 is 14.5 Å². The van der Waals surface area contributed by atoms with Crippen LogP contribution >= 0.6 is 11.6 Å². The number of aryl methyl sites for hydroxylation is 1. The van der Waals surface area contributed by atoms with Gasteiger partial charge in [0, 0.05) is 18.1 Å². The molecular weight excluding hydrogens is 384 g/mol. The van der Waals surface area contributed by atoms with E-state index in [-0.39, 0.29) is 19.5 Å². The minimum absolute atomic E-state index is 0.0639. The number of para-hydroxylation sites is 2. The Morgan fingerprint density at radius 1 is 1.18 bits per heavy atom. The van der Waals surface area contributed by atoms with E-state index in [1.807, 2.05) is 6.07 Å². The van der Waals surface area contributed by atoms with Crippen molar-refractivity contribution >= 4 is 34.6 Å². The van der Waals surface area contributed by atoms with Crippen LogP contribution < -0.4 is 11.1 Å². The lowest BCUT2D eigenvalue weighted by molar-refractivity contribution is -0.155. The number of nitrogens with zero attached hydrogens (tertiary/aromatic N) is 1. The van der Waals surface area contributed by atoms with Crippen LogP contribution in [0.25, 0.3) is 11.1 Å². The van der Waals surface area contributed by atoms with Crippen molar-refractivity contribution in [1.82, 2.24) is 9.88 Å². The third-order valence-corrected chi connectivity index (χ3v) is 4.57. The minimum atomic E-state index is -0.965. The normalized spacial score (nSPS) is 11.9. The van der Waals surface area contributed by atoms with Crippen molar-refractivity contribution in [2.75, 3.05) is 0 Å². The maximum atomic E-state index is 12.1. The second-order valence-electron chi connectivity index (χ2n) is 6.18. The van der Waals surface area contributed by atoms with Crippen LogP contribution in [0.3, 0.4) is 0 Å². The zero-order chi connectivity index (χ0) is 20.1. The molecule has 1 aromatic heterocycles. The van der Waals surface area contributed by atoms with E-state index in [0.29, 0.717) is 16.1 Å². The van der Waals surface area contributed by atoms with Crippen LogP contribution in [0.2, 0.25) is 5.02 Å². The molecular formula is C20H19ClN2O5.